The lowest BCUT2D eigenvalue weighted by Crippen LogP contribution is -2.41. The summed E-state index contributed by atoms with van der Waals surface area (Å²) in [7, 11) is 0. The van der Waals surface area contributed by atoms with Crippen LogP contribution in [0.5, 0.6) is 0 Å². The average Bonchev–Trinajstić information content (AvgIpc) is 2.10. The van der Waals surface area contributed by atoms with Crippen LogP contribution in [0, 0.1) is 0 Å². The summed E-state index contributed by atoms with van der Waals surface area (Å²) in [5.74, 6) is 0. The van der Waals surface area contributed by atoms with Gasteiger partial charge in [0.25, 0.3) is 0 Å². The van der Waals surface area contributed by atoms with Gasteiger partial charge in [-0.25, -0.2) is 0 Å². The molecule has 0 aromatic heterocycles. The summed E-state index contributed by atoms with van der Waals surface area (Å²) in [6, 6.07) is 0.722. The molecule has 0 atom stereocenters. The van der Waals surface area contributed by atoms with Crippen LogP contribution in [0.25, 0.3) is 0 Å². The largest absolute Gasteiger partial charge is 0.395 e. The Morgan fingerprint density at radius 3 is 2.14 bits per heavy atom. The van der Waals surface area contributed by atoms with E-state index in [0.717, 1.165) is 19.1 Å². The molecule has 1 aliphatic rings. The van der Waals surface area contributed by atoms with Gasteiger partial charge in [0.2, 0.25) is 0 Å². The smallest absolute Gasteiger partial charge is 0.0558 e. The molecular weight excluding hydrogens is 180 g/mol. The molecule has 1 rings (SSSR count). The van der Waals surface area contributed by atoms with Gasteiger partial charge < -0.3 is 15.5 Å². The molecule has 1 aliphatic carbocycles. The van der Waals surface area contributed by atoms with E-state index in [9.17, 15) is 0 Å². The maximum Gasteiger partial charge on any atom is 0.0558 e. The number of hydrogen-bond donors (Lipinski definition) is 3. The van der Waals surface area contributed by atoms with E-state index in [4.69, 9.17) is 10.2 Å². The summed E-state index contributed by atoms with van der Waals surface area (Å²) < 4.78 is 0. The Kier molecular flexibility index (Phi) is 6.10. The first-order chi connectivity index (χ1) is 6.86. The van der Waals surface area contributed by atoms with Gasteiger partial charge >= 0.3 is 0 Å². The second kappa shape index (κ2) is 7.17. The fourth-order valence-electron chi connectivity index (χ4n) is 1.66. The maximum atomic E-state index is 8.79. The molecule has 0 radical (unpaired) electrons. The summed E-state index contributed by atoms with van der Waals surface area (Å²) in [5.41, 5.74) is 0. The van der Waals surface area contributed by atoms with Crippen molar-refractivity contribution in [1.29, 1.82) is 0 Å². The Hall–Kier alpha value is -0.160. The molecular formula is C10H22N2O2. The highest BCUT2D eigenvalue weighted by molar-refractivity contribution is 4.76. The minimum Gasteiger partial charge on any atom is -0.395 e. The lowest BCUT2D eigenvalue weighted by Gasteiger charge is -2.28. The fourth-order valence-corrected chi connectivity index (χ4v) is 1.66. The van der Waals surface area contributed by atoms with Crippen LogP contribution >= 0.6 is 0 Å². The molecule has 0 saturated heterocycles. The third-order valence-electron chi connectivity index (χ3n) is 2.80. The Balaban J connectivity index is 1.99. The van der Waals surface area contributed by atoms with Gasteiger partial charge in [0.15, 0.2) is 0 Å². The van der Waals surface area contributed by atoms with Crippen molar-refractivity contribution in [3.8, 4) is 0 Å². The summed E-state index contributed by atoms with van der Waals surface area (Å²) in [4.78, 5) is 2.08. The molecule has 0 aromatic carbocycles. The fraction of sp³-hybridized carbons (Fsp3) is 1.00. The van der Waals surface area contributed by atoms with Gasteiger partial charge in [-0.2, -0.15) is 0 Å². The number of nitrogens with zero attached hydrogens (tertiary/aromatic N) is 1. The molecule has 1 saturated carbocycles. The van der Waals surface area contributed by atoms with Crippen LogP contribution in [-0.2, 0) is 0 Å². The van der Waals surface area contributed by atoms with Gasteiger partial charge in [-0.05, 0) is 12.8 Å². The van der Waals surface area contributed by atoms with Gasteiger partial charge in [-0.1, -0.05) is 6.42 Å². The molecule has 0 bridgehead atoms. The van der Waals surface area contributed by atoms with Gasteiger partial charge in [-0.3, -0.25) is 4.90 Å². The van der Waals surface area contributed by atoms with Crippen molar-refractivity contribution in [1.82, 2.24) is 10.2 Å². The number of nitrogens with one attached hydrogen (secondary N) is 1. The minimum absolute atomic E-state index is 0.170. The molecule has 4 nitrogen and oxygen atoms in total. The average molecular weight is 202 g/mol. The van der Waals surface area contributed by atoms with Crippen molar-refractivity contribution >= 4 is 0 Å². The van der Waals surface area contributed by atoms with Gasteiger partial charge in [0.05, 0.1) is 13.2 Å². The van der Waals surface area contributed by atoms with Crippen LogP contribution in [0.3, 0.4) is 0 Å². The lowest BCUT2D eigenvalue weighted by atomic mass is 9.93. The Morgan fingerprint density at radius 1 is 1.07 bits per heavy atom. The molecule has 14 heavy (non-hydrogen) atoms. The quantitative estimate of drug-likeness (QED) is 0.493. The van der Waals surface area contributed by atoms with Crippen molar-refractivity contribution in [3.63, 3.8) is 0 Å². The van der Waals surface area contributed by atoms with Crippen molar-refractivity contribution < 1.29 is 10.2 Å². The highest BCUT2D eigenvalue weighted by atomic mass is 16.3. The van der Waals surface area contributed by atoms with Crippen LogP contribution < -0.4 is 5.32 Å². The number of aliphatic hydroxyl groups excluding tert-OH is 2. The second-order valence-electron chi connectivity index (χ2n) is 3.87. The second-order valence-corrected chi connectivity index (χ2v) is 3.87. The standard InChI is InChI=1S/C10H22N2O2/c13-8-6-12(7-9-14)5-4-11-10-2-1-3-10/h10-11,13-14H,1-9H2. The van der Waals surface area contributed by atoms with Crippen LogP contribution in [0.2, 0.25) is 0 Å². The molecule has 3 N–H and O–H groups in total. The Labute approximate surface area is 85.9 Å². The van der Waals surface area contributed by atoms with Gasteiger partial charge in [-0.15, -0.1) is 0 Å². The Bertz CT molecular complexity index is 134. The molecule has 4 heteroatoms. The Morgan fingerprint density at radius 2 is 1.71 bits per heavy atom. The van der Waals surface area contributed by atoms with E-state index < -0.39 is 0 Å². The van der Waals surface area contributed by atoms with E-state index in [2.05, 4.69) is 10.2 Å². The lowest BCUT2D eigenvalue weighted by molar-refractivity contribution is 0.158. The van der Waals surface area contributed by atoms with E-state index in [1.807, 2.05) is 0 Å². The molecule has 1 fully saturated rings. The SMILES string of the molecule is OCCN(CCO)CCNC1CCC1. The summed E-state index contributed by atoms with van der Waals surface area (Å²) in [6.45, 7) is 3.54. The molecule has 0 heterocycles. The van der Waals surface area contributed by atoms with Crippen molar-refractivity contribution in [2.24, 2.45) is 0 Å². The van der Waals surface area contributed by atoms with Crippen LogP contribution in [0.1, 0.15) is 19.3 Å². The van der Waals surface area contributed by atoms with E-state index >= 15 is 0 Å². The zero-order chi connectivity index (χ0) is 10.2. The highest BCUT2D eigenvalue weighted by Crippen LogP contribution is 2.17. The molecule has 0 aliphatic heterocycles. The molecule has 0 spiro atoms. The first-order valence-electron chi connectivity index (χ1n) is 5.54. The third kappa shape index (κ3) is 4.37. The first kappa shape index (κ1) is 11.9. The minimum atomic E-state index is 0.170. The van der Waals surface area contributed by atoms with Crippen LogP contribution in [0.4, 0.5) is 0 Å². The van der Waals surface area contributed by atoms with Crippen LogP contribution in [0.15, 0.2) is 0 Å². The van der Waals surface area contributed by atoms with Crippen LogP contribution in [-0.4, -0.2) is 60.5 Å². The normalized spacial score (nSPS) is 17.4. The van der Waals surface area contributed by atoms with E-state index in [0.29, 0.717) is 13.1 Å². The number of aliphatic hydroxyl groups is 2. The first-order valence-corrected chi connectivity index (χ1v) is 5.54. The topological polar surface area (TPSA) is 55.7 Å². The highest BCUT2D eigenvalue weighted by Gasteiger charge is 2.16. The predicted molar refractivity (Wildman–Crippen MR) is 56.3 cm³/mol. The molecule has 0 aromatic rings. The van der Waals surface area contributed by atoms with Crippen molar-refractivity contribution in [2.45, 2.75) is 25.3 Å². The summed E-state index contributed by atoms with van der Waals surface area (Å²) in [6.07, 6.45) is 3.97. The molecule has 0 unspecified atom stereocenters. The van der Waals surface area contributed by atoms with Gasteiger partial charge in [0.1, 0.15) is 0 Å². The summed E-state index contributed by atoms with van der Waals surface area (Å²) in [5, 5.41) is 21.0. The number of rotatable bonds is 8. The summed E-state index contributed by atoms with van der Waals surface area (Å²) >= 11 is 0. The van der Waals surface area contributed by atoms with E-state index in [-0.39, 0.29) is 13.2 Å². The van der Waals surface area contributed by atoms with Crippen molar-refractivity contribution in [2.75, 3.05) is 39.4 Å². The van der Waals surface area contributed by atoms with Gasteiger partial charge in [0, 0.05) is 32.2 Å². The maximum absolute atomic E-state index is 8.79. The molecule has 84 valence electrons. The van der Waals surface area contributed by atoms with E-state index in [1.54, 1.807) is 0 Å². The van der Waals surface area contributed by atoms with E-state index in [1.165, 1.54) is 19.3 Å². The molecule has 0 amide bonds. The predicted octanol–water partition coefficient (Wildman–Crippen LogP) is -0.585. The monoisotopic (exact) mass is 202 g/mol. The zero-order valence-electron chi connectivity index (χ0n) is 8.78. The van der Waals surface area contributed by atoms with Crippen molar-refractivity contribution in [3.05, 3.63) is 0 Å². The third-order valence-corrected chi connectivity index (χ3v) is 2.80. The number of hydrogen-bond acceptors (Lipinski definition) is 4. The zero-order valence-corrected chi connectivity index (χ0v) is 8.78.